The maximum atomic E-state index is 11.2. The van der Waals surface area contributed by atoms with Gasteiger partial charge in [-0.1, -0.05) is 114 Å². The highest BCUT2D eigenvalue weighted by Crippen LogP contribution is 2.44. The highest BCUT2D eigenvalue weighted by atomic mass is 16.3. The summed E-state index contributed by atoms with van der Waals surface area (Å²) < 4.78 is 6.70. The lowest BCUT2D eigenvalue weighted by molar-refractivity contribution is 0.473. The Hall–Kier alpha value is -6.20. The SMILES string of the molecule is Cc1ccnc2c(-c3cc(-c4cc(N(c5ccccc5)c5ccccc5)cc5oc(-c6cc(C(C)(C)C)ccc6O)nc45)cc(C(C)(C)C)c3)cccc12. The summed E-state index contributed by atoms with van der Waals surface area (Å²) in [7, 11) is 0. The van der Waals surface area contributed by atoms with Crippen molar-refractivity contribution < 1.29 is 9.52 Å². The number of hydrogen-bond acceptors (Lipinski definition) is 5. The molecule has 54 heavy (non-hydrogen) atoms. The molecule has 5 nitrogen and oxygen atoms in total. The molecule has 0 fully saturated rings. The zero-order chi connectivity index (χ0) is 37.8. The standard InChI is InChI=1S/C49H45N3O2/c1-31-23-24-50-45-39(31)19-14-20-40(45)32-25-33(27-35(26-32)49(5,6)7)41-29-38(52(36-15-10-8-11-16-36)37-17-12-9-13-18-37)30-44-46(41)51-47(54-44)42-28-34(48(2,3)4)21-22-43(42)53/h8-30,53H,1-7H3. The molecule has 8 rings (SSSR count). The predicted molar refractivity (Wildman–Crippen MR) is 224 cm³/mol. The summed E-state index contributed by atoms with van der Waals surface area (Å²) in [6.45, 7) is 15.4. The van der Waals surface area contributed by atoms with Gasteiger partial charge in [-0.15, -0.1) is 0 Å². The predicted octanol–water partition coefficient (Wildman–Crippen LogP) is 13.5. The second-order valence-corrected chi connectivity index (χ2v) is 16.2. The molecule has 0 aliphatic rings. The third kappa shape index (κ3) is 6.51. The van der Waals surface area contributed by atoms with Gasteiger partial charge in [0.2, 0.25) is 5.89 Å². The molecule has 2 aromatic heterocycles. The van der Waals surface area contributed by atoms with Crippen LogP contribution in [0.1, 0.15) is 58.2 Å². The van der Waals surface area contributed by atoms with Crippen LogP contribution in [0, 0.1) is 6.92 Å². The van der Waals surface area contributed by atoms with E-state index in [0.29, 0.717) is 17.0 Å². The summed E-state index contributed by atoms with van der Waals surface area (Å²) in [4.78, 5) is 12.3. The first-order valence-electron chi connectivity index (χ1n) is 18.5. The molecule has 0 saturated heterocycles. The van der Waals surface area contributed by atoms with Crippen molar-refractivity contribution in [3.63, 3.8) is 0 Å². The number of aryl methyl sites for hydroxylation is 1. The first-order valence-corrected chi connectivity index (χ1v) is 18.5. The number of aromatic hydroxyl groups is 1. The summed E-state index contributed by atoms with van der Waals surface area (Å²) in [5.41, 5.74) is 13.2. The first-order chi connectivity index (χ1) is 25.8. The van der Waals surface area contributed by atoms with E-state index in [9.17, 15) is 5.11 Å². The van der Waals surface area contributed by atoms with E-state index in [4.69, 9.17) is 14.4 Å². The lowest BCUT2D eigenvalue weighted by Crippen LogP contribution is -2.12. The molecule has 0 saturated carbocycles. The maximum absolute atomic E-state index is 11.2. The number of anilines is 3. The fraction of sp³-hybridized carbons (Fsp3) is 0.184. The summed E-state index contributed by atoms with van der Waals surface area (Å²) in [5.74, 6) is 0.501. The average Bonchev–Trinajstić information content (AvgIpc) is 3.59. The van der Waals surface area contributed by atoms with Gasteiger partial charge in [-0.2, -0.15) is 0 Å². The molecule has 8 aromatic rings. The molecule has 0 unspecified atom stereocenters. The van der Waals surface area contributed by atoms with Crippen molar-refractivity contribution in [2.45, 2.75) is 59.3 Å². The second-order valence-electron chi connectivity index (χ2n) is 16.2. The fourth-order valence-electron chi connectivity index (χ4n) is 7.17. The molecule has 0 radical (unpaired) electrons. The van der Waals surface area contributed by atoms with Crippen molar-refractivity contribution in [2.24, 2.45) is 0 Å². The van der Waals surface area contributed by atoms with Gasteiger partial charge in [0.25, 0.3) is 0 Å². The van der Waals surface area contributed by atoms with E-state index in [1.54, 1.807) is 6.07 Å². The van der Waals surface area contributed by atoms with Gasteiger partial charge in [0.1, 0.15) is 11.3 Å². The summed E-state index contributed by atoms with van der Waals surface area (Å²) >= 11 is 0. The normalized spacial score (nSPS) is 12.1. The lowest BCUT2D eigenvalue weighted by atomic mass is 9.83. The summed E-state index contributed by atoms with van der Waals surface area (Å²) in [5, 5.41) is 12.3. The Balaban J connectivity index is 1.43. The van der Waals surface area contributed by atoms with Crippen LogP contribution in [0.15, 0.2) is 144 Å². The van der Waals surface area contributed by atoms with Gasteiger partial charge in [-0.05, 0) is 100 Å². The van der Waals surface area contributed by atoms with Gasteiger partial charge in [-0.3, -0.25) is 4.98 Å². The molecule has 0 atom stereocenters. The van der Waals surface area contributed by atoms with Crippen molar-refractivity contribution in [2.75, 3.05) is 4.90 Å². The average molecular weight is 708 g/mol. The van der Waals surface area contributed by atoms with E-state index < -0.39 is 0 Å². The molecular weight excluding hydrogens is 663 g/mol. The Morgan fingerprint density at radius 3 is 1.85 bits per heavy atom. The molecule has 0 amide bonds. The Labute approximate surface area is 317 Å². The second kappa shape index (κ2) is 13.3. The minimum absolute atomic E-state index is 0.127. The number of nitrogens with zero attached hydrogens (tertiary/aromatic N) is 3. The molecule has 1 N–H and O–H groups in total. The minimum Gasteiger partial charge on any atom is -0.507 e. The third-order valence-electron chi connectivity index (χ3n) is 10.3. The first kappa shape index (κ1) is 34.9. The zero-order valence-corrected chi connectivity index (χ0v) is 32.0. The Kier molecular flexibility index (Phi) is 8.61. The van der Waals surface area contributed by atoms with Crippen LogP contribution < -0.4 is 4.90 Å². The van der Waals surface area contributed by atoms with Crippen LogP contribution in [-0.4, -0.2) is 15.1 Å². The van der Waals surface area contributed by atoms with Crippen molar-refractivity contribution in [3.05, 3.63) is 156 Å². The van der Waals surface area contributed by atoms with Crippen LogP contribution in [0.3, 0.4) is 0 Å². The summed E-state index contributed by atoms with van der Waals surface area (Å²) in [6, 6.07) is 46.1. The molecular formula is C49H45N3O2. The maximum Gasteiger partial charge on any atom is 0.231 e. The van der Waals surface area contributed by atoms with Crippen LogP contribution in [0.5, 0.6) is 5.75 Å². The van der Waals surface area contributed by atoms with Crippen molar-refractivity contribution >= 4 is 39.1 Å². The Bertz CT molecular complexity index is 2610. The van der Waals surface area contributed by atoms with E-state index in [1.807, 2.05) is 30.5 Å². The van der Waals surface area contributed by atoms with E-state index in [-0.39, 0.29) is 16.6 Å². The van der Waals surface area contributed by atoms with E-state index in [0.717, 1.165) is 61.3 Å². The quantitative estimate of drug-likeness (QED) is 0.186. The number of phenols is 1. The highest BCUT2D eigenvalue weighted by Gasteiger charge is 2.24. The molecule has 2 heterocycles. The van der Waals surface area contributed by atoms with Crippen LogP contribution in [0.4, 0.5) is 17.1 Å². The van der Waals surface area contributed by atoms with Gasteiger partial charge >= 0.3 is 0 Å². The number of para-hydroxylation sites is 3. The monoisotopic (exact) mass is 707 g/mol. The lowest BCUT2D eigenvalue weighted by Gasteiger charge is -2.26. The molecule has 6 aromatic carbocycles. The molecule has 5 heteroatoms. The highest BCUT2D eigenvalue weighted by molar-refractivity contribution is 6.00. The molecule has 0 bridgehead atoms. The Morgan fingerprint density at radius 1 is 0.556 bits per heavy atom. The van der Waals surface area contributed by atoms with Crippen LogP contribution in [-0.2, 0) is 10.8 Å². The smallest absolute Gasteiger partial charge is 0.231 e. The van der Waals surface area contributed by atoms with E-state index >= 15 is 0 Å². The number of rotatable bonds is 6. The number of oxazole rings is 1. The van der Waals surface area contributed by atoms with E-state index in [2.05, 4.69) is 156 Å². The fourth-order valence-corrected chi connectivity index (χ4v) is 7.17. The van der Waals surface area contributed by atoms with Gasteiger partial charge in [0, 0.05) is 40.2 Å². The number of benzene rings is 6. The molecule has 268 valence electrons. The minimum atomic E-state index is -0.149. The van der Waals surface area contributed by atoms with Gasteiger partial charge in [0.15, 0.2) is 5.58 Å². The van der Waals surface area contributed by atoms with Gasteiger partial charge in [0.05, 0.1) is 16.8 Å². The molecule has 0 aliphatic heterocycles. The zero-order valence-electron chi connectivity index (χ0n) is 32.0. The third-order valence-corrected chi connectivity index (χ3v) is 10.3. The van der Waals surface area contributed by atoms with Crippen LogP contribution in [0.25, 0.3) is 55.7 Å². The van der Waals surface area contributed by atoms with Crippen molar-refractivity contribution in [3.8, 4) is 39.5 Å². The van der Waals surface area contributed by atoms with E-state index in [1.165, 1.54) is 11.1 Å². The number of aromatic nitrogens is 2. The van der Waals surface area contributed by atoms with Crippen LogP contribution >= 0.6 is 0 Å². The topological polar surface area (TPSA) is 62.4 Å². The Morgan fingerprint density at radius 2 is 1.20 bits per heavy atom. The number of hydrogen-bond donors (Lipinski definition) is 1. The van der Waals surface area contributed by atoms with Crippen molar-refractivity contribution in [1.29, 1.82) is 0 Å². The van der Waals surface area contributed by atoms with Gasteiger partial charge in [-0.25, -0.2) is 4.98 Å². The molecule has 0 spiro atoms. The number of pyridine rings is 1. The van der Waals surface area contributed by atoms with Crippen molar-refractivity contribution in [1.82, 2.24) is 9.97 Å². The number of phenolic OH excluding ortho intramolecular Hbond substituents is 1. The van der Waals surface area contributed by atoms with Gasteiger partial charge < -0.3 is 14.4 Å². The summed E-state index contributed by atoms with van der Waals surface area (Å²) in [6.07, 6.45) is 1.89. The molecule has 0 aliphatic carbocycles. The largest absolute Gasteiger partial charge is 0.507 e. The number of fused-ring (bicyclic) bond motifs is 2. The van der Waals surface area contributed by atoms with Crippen LogP contribution in [0.2, 0.25) is 0 Å².